The highest BCUT2D eigenvalue weighted by Gasteiger charge is 2.27. The molecule has 0 bridgehead atoms. The average molecular weight is 395 g/mol. The zero-order valence-electron chi connectivity index (χ0n) is 16.7. The molecule has 0 saturated heterocycles. The number of carbonyl (C=O) groups is 1. The second kappa shape index (κ2) is 8.55. The normalized spacial score (nSPS) is 19.2. The number of pyridine rings is 1. The van der Waals surface area contributed by atoms with E-state index in [1.165, 1.54) is 0 Å². The molecule has 1 aliphatic carbocycles. The van der Waals surface area contributed by atoms with Gasteiger partial charge in [0.2, 0.25) is 5.89 Å². The number of rotatable bonds is 6. The van der Waals surface area contributed by atoms with Crippen molar-refractivity contribution in [2.24, 2.45) is 5.92 Å². The maximum absolute atomic E-state index is 12.5. The van der Waals surface area contributed by atoms with Gasteiger partial charge in [-0.1, -0.05) is 18.1 Å². The Balaban J connectivity index is 1.29. The summed E-state index contributed by atoms with van der Waals surface area (Å²) in [6.45, 7) is 4.41. The van der Waals surface area contributed by atoms with Gasteiger partial charge in [-0.25, -0.2) is 0 Å². The Hall–Kier alpha value is -3.03. The number of nitrogens with zero attached hydrogens (tertiary/aromatic N) is 4. The summed E-state index contributed by atoms with van der Waals surface area (Å²) in [5.74, 6) is 2.40. The van der Waals surface area contributed by atoms with E-state index in [2.05, 4.69) is 25.7 Å². The Labute approximate surface area is 169 Å². The largest absolute Gasteiger partial charge is 0.419 e. The predicted octanol–water partition coefficient (Wildman–Crippen LogP) is 3.69. The summed E-state index contributed by atoms with van der Waals surface area (Å²) in [5, 5.41) is 15.3. The van der Waals surface area contributed by atoms with E-state index < -0.39 is 0 Å². The van der Waals surface area contributed by atoms with E-state index in [-0.39, 0.29) is 11.8 Å². The maximum Gasteiger partial charge on any atom is 0.266 e. The summed E-state index contributed by atoms with van der Waals surface area (Å²) in [4.78, 5) is 16.8. The summed E-state index contributed by atoms with van der Waals surface area (Å²) in [5.41, 5.74) is 1.91. The zero-order valence-corrected chi connectivity index (χ0v) is 16.7. The van der Waals surface area contributed by atoms with Crippen LogP contribution >= 0.6 is 0 Å². The molecule has 1 amide bonds. The SMILES string of the molecule is CCc1onc(C)c1C(=O)NCC1CCC(c2nnc(-c3ccccn3)o2)CC1. The van der Waals surface area contributed by atoms with Crippen molar-refractivity contribution in [3.05, 3.63) is 47.3 Å². The van der Waals surface area contributed by atoms with Gasteiger partial charge in [0.05, 0.1) is 5.69 Å². The number of nitrogens with one attached hydrogen (secondary N) is 1. The van der Waals surface area contributed by atoms with Crippen molar-refractivity contribution in [2.75, 3.05) is 6.54 Å². The van der Waals surface area contributed by atoms with Crippen LogP contribution in [0.3, 0.4) is 0 Å². The first-order chi connectivity index (χ1) is 14.2. The van der Waals surface area contributed by atoms with Gasteiger partial charge in [0.15, 0.2) is 0 Å². The molecule has 1 N–H and O–H groups in total. The van der Waals surface area contributed by atoms with Gasteiger partial charge in [-0.2, -0.15) is 0 Å². The summed E-state index contributed by atoms with van der Waals surface area (Å²) in [6.07, 6.45) is 6.32. The van der Waals surface area contributed by atoms with Crippen LogP contribution in [0.25, 0.3) is 11.6 Å². The van der Waals surface area contributed by atoms with Crippen LogP contribution < -0.4 is 5.32 Å². The van der Waals surface area contributed by atoms with Crippen LogP contribution in [0.5, 0.6) is 0 Å². The van der Waals surface area contributed by atoms with Gasteiger partial charge in [-0.15, -0.1) is 10.2 Å². The molecule has 1 saturated carbocycles. The lowest BCUT2D eigenvalue weighted by atomic mass is 9.82. The van der Waals surface area contributed by atoms with E-state index in [0.717, 1.165) is 25.7 Å². The molecule has 0 aliphatic heterocycles. The molecule has 8 nitrogen and oxygen atoms in total. The lowest BCUT2D eigenvalue weighted by molar-refractivity contribution is 0.0940. The fraction of sp³-hybridized carbons (Fsp3) is 0.476. The lowest BCUT2D eigenvalue weighted by Crippen LogP contribution is -2.31. The number of hydrogen-bond donors (Lipinski definition) is 1. The van der Waals surface area contributed by atoms with E-state index in [9.17, 15) is 4.79 Å². The molecule has 0 atom stereocenters. The Morgan fingerprint density at radius 3 is 2.76 bits per heavy atom. The molecular formula is C21H25N5O3. The first kappa shape index (κ1) is 19.3. The van der Waals surface area contributed by atoms with Crippen LogP contribution in [-0.2, 0) is 6.42 Å². The Bertz CT molecular complexity index is 958. The first-order valence-electron chi connectivity index (χ1n) is 10.1. The summed E-state index contributed by atoms with van der Waals surface area (Å²) in [7, 11) is 0. The van der Waals surface area contributed by atoms with Gasteiger partial charge in [-0.3, -0.25) is 9.78 Å². The van der Waals surface area contributed by atoms with Gasteiger partial charge in [-0.05, 0) is 50.7 Å². The van der Waals surface area contributed by atoms with Crippen LogP contribution in [-0.4, -0.2) is 32.8 Å². The molecule has 0 unspecified atom stereocenters. The number of amides is 1. The average Bonchev–Trinajstić information content (AvgIpc) is 3.40. The highest BCUT2D eigenvalue weighted by molar-refractivity contribution is 5.96. The number of hydrogen-bond acceptors (Lipinski definition) is 7. The van der Waals surface area contributed by atoms with Crippen LogP contribution in [0.2, 0.25) is 0 Å². The van der Waals surface area contributed by atoms with Crippen molar-refractivity contribution >= 4 is 5.91 Å². The Kier molecular flexibility index (Phi) is 5.69. The van der Waals surface area contributed by atoms with E-state index in [1.54, 1.807) is 13.1 Å². The lowest BCUT2D eigenvalue weighted by Gasteiger charge is -2.26. The quantitative estimate of drug-likeness (QED) is 0.678. The minimum atomic E-state index is -0.0976. The second-order valence-electron chi connectivity index (χ2n) is 7.51. The van der Waals surface area contributed by atoms with Crippen molar-refractivity contribution in [1.29, 1.82) is 0 Å². The van der Waals surface area contributed by atoms with Crippen molar-refractivity contribution in [2.45, 2.75) is 51.9 Å². The molecule has 8 heteroatoms. The third-order valence-corrected chi connectivity index (χ3v) is 5.55. The number of carbonyl (C=O) groups excluding carboxylic acids is 1. The van der Waals surface area contributed by atoms with Gasteiger partial charge < -0.3 is 14.3 Å². The zero-order chi connectivity index (χ0) is 20.2. The Morgan fingerprint density at radius 1 is 1.21 bits per heavy atom. The van der Waals surface area contributed by atoms with Gasteiger partial charge in [0, 0.05) is 25.1 Å². The van der Waals surface area contributed by atoms with Crippen LogP contribution in [0.4, 0.5) is 0 Å². The fourth-order valence-corrected chi connectivity index (χ4v) is 3.88. The molecule has 0 aromatic carbocycles. The first-order valence-corrected chi connectivity index (χ1v) is 10.1. The van der Waals surface area contributed by atoms with Gasteiger partial charge in [0.1, 0.15) is 17.0 Å². The van der Waals surface area contributed by atoms with E-state index in [4.69, 9.17) is 8.94 Å². The molecule has 1 fully saturated rings. The highest BCUT2D eigenvalue weighted by Crippen LogP contribution is 2.35. The molecular weight excluding hydrogens is 370 g/mol. The predicted molar refractivity (Wildman–Crippen MR) is 105 cm³/mol. The van der Waals surface area contributed by atoms with Crippen molar-refractivity contribution in [3.63, 3.8) is 0 Å². The molecule has 29 heavy (non-hydrogen) atoms. The van der Waals surface area contributed by atoms with Crippen molar-refractivity contribution in [1.82, 2.24) is 25.7 Å². The standard InChI is InChI=1S/C21H25N5O3/c1-3-17-18(13(2)26-29-17)19(27)23-12-14-7-9-15(10-8-14)20-24-25-21(28-20)16-6-4-5-11-22-16/h4-6,11,14-15H,3,7-10,12H2,1-2H3,(H,23,27). The molecule has 152 valence electrons. The summed E-state index contributed by atoms with van der Waals surface area (Å²) in [6, 6.07) is 5.61. The highest BCUT2D eigenvalue weighted by atomic mass is 16.5. The van der Waals surface area contributed by atoms with Crippen molar-refractivity contribution < 1.29 is 13.7 Å². The molecule has 1 aliphatic rings. The molecule has 0 radical (unpaired) electrons. The molecule has 3 heterocycles. The van der Waals surface area contributed by atoms with Crippen LogP contribution in [0.1, 0.15) is 66.2 Å². The third kappa shape index (κ3) is 4.21. The molecule has 4 rings (SSSR count). The van der Waals surface area contributed by atoms with E-state index in [0.29, 0.717) is 53.4 Å². The number of aromatic nitrogens is 4. The molecule has 0 spiro atoms. The topological polar surface area (TPSA) is 107 Å². The molecule has 3 aromatic heterocycles. The number of aryl methyl sites for hydroxylation is 2. The third-order valence-electron chi connectivity index (χ3n) is 5.55. The van der Waals surface area contributed by atoms with Gasteiger partial charge in [0.25, 0.3) is 11.8 Å². The van der Waals surface area contributed by atoms with Crippen LogP contribution in [0.15, 0.2) is 33.3 Å². The van der Waals surface area contributed by atoms with E-state index in [1.807, 2.05) is 25.1 Å². The minimum Gasteiger partial charge on any atom is -0.419 e. The smallest absolute Gasteiger partial charge is 0.266 e. The van der Waals surface area contributed by atoms with Gasteiger partial charge >= 0.3 is 0 Å². The summed E-state index contributed by atoms with van der Waals surface area (Å²) >= 11 is 0. The second-order valence-corrected chi connectivity index (χ2v) is 7.51. The fourth-order valence-electron chi connectivity index (χ4n) is 3.88. The summed E-state index contributed by atoms with van der Waals surface area (Å²) < 4.78 is 11.1. The Morgan fingerprint density at radius 2 is 2.03 bits per heavy atom. The minimum absolute atomic E-state index is 0.0976. The van der Waals surface area contributed by atoms with E-state index >= 15 is 0 Å². The molecule has 3 aromatic rings. The van der Waals surface area contributed by atoms with Crippen LogP contribution in [0, 0.1) is 12.8 Å². The maximum atomic E-state index is 12.5. The monoisotopic (exact) mass is 395 g/mol. The van der Waals surface area contributed by atoms with Crippen molar-refractivity contribution in [3.8, 4) is 11.6 Å².